The highest BCUT2D eigenvalue weighted by atomic mass is 16.5. The van der Waals surface area contributed by atoms with Gasteiger partial charge in [0.2, 0.25) is 5.88 Å². The fraction of sp³-hybridized carbons (Fsp3) is 0.375. The summed E-state index contributed by atoms with van der Waals surface area (Å²) in [6.07, 6.45) is 1.49. The molecule has 0 fully saturated rings. The molecule has 1 aromatic rings. The summed E-state index contributed by atoms with van der Waals surface area (Å²) >= 11 is 0. The summed E-state index contributed by atoms with van der Waals surface area (Å²) < 4.78 is 4.85. The van der Waals surface area contributed by atoms with Gasteiger partial charge in [0.25, 0.3) is 0 Å². The van der Waals surface area contributed by atoms with E-state index in [2.05, 4.69) is 9.97 Å². The number of methoxy groups -OCH3 is 1. The third kappa shape index (κ3) is 2.13. The van der Waals surface area contributed by atoms with Gasteiger partial charge in [-0.25, -0.2) is 4.98 Å². The molecule has 1 atom stereocenters. The Morgan fingerprint density at radius 3 is 3.08 bits per heavy atom. The SMILES string of the molecule is COc1ccnc(C(C#N)CO)n1. The molecule has 0 aromatic carbocycles. The van der Waals surface area contributed by atoms with Gasteiger partial charge >= 0.3 is 0 Å². The zero-order chi connectivity index (χ0) is 9.68. The molecule has 0 bridgehead atoms. The van der Waals surface area contributed by atoms with E-state index in [-0.39, 0.29) is 12.4 Å². The second kappa shape index (κ2) is 4.38. The first-order valence-electron chi connectivity index (χ1n) is 3.69. The fourth-order valence-corrected chi connectivity index (χ4v) is 0.818. The van der Waals surface area contributed by atoms with Crippen LogP contribution >= 0.6 is 0 Å². The van der Waals surface area contributed by atoms with Crippen molar-refractivity contribution < 1.29 is 9.84 Å². The van der Waals surface area contributed by atoms with Gasteiger partial charge in [-0.1, -0.05) is 0 Å². The molecule has 68 valence electrons. The minimum atomic E-state index is -0.685. The molecule has 0 aliphatic heterocycles. The monoisotopic (exact) mass is 179 g/mol. The molecule has 1 rings (SSSR count). The minimum Gasteiger partial charge on any atom is -0.481 e. The number of aromatic nitrogens is 2. The van der Waals surface area contributed by atoms with Gasteiger partial charge < -0.3 is 9.84 Å². The summed E-state index contributed by atoms with van der Waals surface area (Å²) in [6, 6.07) is 3.47. The summed E-state index contributed by atoms with van der Waals surface area (Å²) in [7, 11) is 1.48. The van der Waals surface area contributed by atoms with Crippen molar-refractivity contribution in [3.63, 3.8) is 0 Å². The molecule has 1 aromatic heterocycles. The molecule has 1 N–H and O–H groups in total. The standard InChI is InChI=1S/C8H9N3O2/c1-13-7-2-3-10-8(11-7)6(4-9)5-12/h2-3,6,12H,5H2,1H3. The van der Waals surface area contributed by atoms with Gasteiger partial charge in [0.1, 0.15) is 5.92 Å². The highest BCUT2D eigenvalue weighted by Gasteiger charge is 2.12. The molecule has 1 heterocycles. The second-order valence-corrected chi connectivity index (χ2v) is 2.32. The second-order valence-electron chi connectivity index (χ2n) is 2.32. The maximum Gasteiger partial charge on any atom is 0.216 e. The minimum absolute atomic E-state index is 0.282. The number of nitrogens with zero attached hydrogens (tertiary/aromatic N) is 3. The third-order valence-corrected chi connectivity index (χ3v) is 1.51. The molecule has 1 unspecified atom stereocenters. The van der Waals surface area contributed by atoms with Crippen LogP contribution in [0.5, 0.6) is 5.88 Å². The molecule has 0 spiro atoms. The lowest BCUT2D eigenvalue weighted by Gasteiger charge is -2.04. The van der Waals surface area contributed by atoms with Crippen LogP contribution in [0.25, 0.3) is 0 Å². The first-order valence-corrected chi connectivity index (χ1v) is 3.69. The highest BCUT2D eigenvalue weighted by molar-refractivity contribution is 5.14. The van der Waals surface area contributed by atoms with Crippen molar-refractivity contribution >= 4 is 0 Å². The van der Waals surface area contributed by atoms with Crippen LogP contribution in [-0.2, 0) is 0 Å². The van der Waals surface area contributed by atoms with Crippen LogP contribution in [0.4, 0.5) is 0 Å². The zero-order valence-electron chi connectivity index (χ0n) is 7.14. The molecule has 13 heavy (non-hydrogen) atoms. The Hall–Kier alpha value is -1.67. The average molecular weight is 179 g/mol. The van der Waals surface area contributed by atoms with Crippen molar-refractivity contribution in [3.05, 3.63) is 18.1 Å². The van der Waals surface area contributed by atoms with Crippen molar-refractivity contribution in [1.29, 1.82) is 5.26 Å². The fourth-order valence-electron chi connectivity index (χ4n) is 0.818. The topological polar surface area (TPSA) is 79.0 Å². The van der Waals surface area contributed by atoms with Crippen LogP contribution in [0.15, 0.2) is 12.3 Å². The smallest absolute Gasteiger partial charge is 0.216 e. The number of aliphatic hydroxyl groups excluding tert-OH is 1. The number of ether oxygens (including phenoxy) is 1. The Bertz CT molecular complexity index is 321. The zero-order valence-corrected chi connectivity index (χ0v) is 7.14. The Balaban J connectivity index is 2.94. The molecule has 0 saturated carbocycles. The Kier molecular flexibility index (Phi) is 3.17. The molecule has 0 amide bonds. The third-order valence-electron chi connectivity index (χ3n) is 1.51. The molecular weight excluding hydrogens is 170 g/mol. The van der Waals surface area contributed by atoms with E-state index in [1.54, 1.807) is 6.07 Å². The molecular formula is C8H9N3O2. The highest BCUT2D eigenvalue weighted by Crippen LogP contribution is 2.11. The number of hydrogen-bond donors (Lipinski definition) is 1. The van der Waals surface area contributed by atoms with Crippen LogP contribution in [0.3, 0.4) is 0 Å². The lowest BCUT2D eigenvalue weighted by Crippen LogP contribution is -2.06. The number of aliphatic hydroxyl groups is 1. The van der Waals surface area contributed by atoms with E-state index in [0.717, 1.165) is 0 Å². The number of nitriles is 1. The molecule has 0 aliphatic carbocycles. The molecule has 0 radical (unpaired) electrons. The van der Waals surface area contributed by atoms with Crippen molar-refractivity contribution in [2.45, 2.75) is 5.92 Å². The van der Waals surface area contributed by atoms with Gasteiger partial charge in [-0.05, 0) is 0 Å². The predicted octanol–water partition coefficient (Wildman–Crippen LogP) is 0.0847. The Morgan fingerprint density at radius 2 is 2.54 bits per heavy atom. The molecule has 5 nitrogen and oxygen atoms in total. The van der Waals surface area contributed by atoms with E-state index < -0.39 is 5.92 Å². The Morgan fingerprint density at radius 1 is 1.77 bits per heavy atom. The summed E-state index contributed by atoms with van der Waals surface area (Å²) in [5.41, 5.74) is 0. The van der Waals surface area contributed by atoms with Crippen molar-refractivity contribution in [3.8, 4) is 11.9 Å². The van der Waals surface area contributed by atoms with E-state index in [1.165, 1.54) is 13.3 Å². The largest absolute Gasteiger partial charge is 0.481 e. The van der Waals surface area contributed by atoms with E-state index in [4.69, 9.17) is 15.1 Å². The van der Waals surface area contributed by atoms with E-state index >= 15 is 0 Å². The first-order chi connectivity index (χ1) is 6.31. The van der Waals surface area contributed by atoms with Crippen LogP contribution < -0.4 is 4.74 Å². The molecule has 0 aliphatic rings. The van der Waals surface area contributed by atoms with Crippen LogP contribution in [0, 0.1) is 11.3 Å². The maximum absolute atomic E-state index is 8.80. The molecule has 5 heteroatoms. The van der Waals surface area contributed by atoms with Crippen LogP contribution in [-0.4, -0.2) is 28.8 Å². The van der Waals surface area contributed by atoms with Crippen molar-refractivity contribution in [2.24, 2.45) is 0 Å². The van der Waals surface area contributed by atoms with E-state index in [0.29, 0.717) is 5.88 Å². The van der Waals surface area contributed by atoms with E-state index in [9.17, 15) is 0 Å². The van der Waals surface area contributed by atoms with Gasteiger partial charge in [-0.15, -0.1) is 0 Å². The van der Waals surface area contributed by atoms with Gasteiger partial charge in [0, 0.05) is 12.3 Å². The van der Waals surface area contributed by atoms with Crippen LogP contribution in [0.2, 0.25) is 0 Å². The predicted molar refractivity (Wildman–Crippen MR) is 44.0 cm³/mol. The van der Waals surface area contributed by atoms with Crippen molar-refractivity contribution in [2.75, 3.05) is 13.7 Å². The van der Waals surface area contributed by atoms with Crippen molar-refractivity contribution in [1.82, 2.24) is 9.97 Å². The first kappa shape index (κ1) is 9.42. The Labute approximate surface area is 75.6 Å². The summed E-state index contributed by atoms with van der Waals surface area (Å²) in [5, 5.41) is 17.4. The lowest BCUT2D eigenvalue weighted by atomic mass is 10.2. The normalized spacial score (nSPS) is 11.8. The van der Waals surface area contributed by atoms with Gasteiger partial charge in [0.15, 0.2) is 5.82 Å². The summed E-state index contributed by atoms with van der Waals surface area (Å²) in [6.45, 7) is -0.288. The van der Waals surface area contributed by atoms with Gasteiger partial charge in [-0.2, -0.15) is 10.2 Å². The molecule has 0 saturated heterocycles. The number of rotatable bonds is 3. The van der Waals surface area contributed by atoms with E-state index in [1.807, 2.05) is 6.07 Å². The van der Waals surface area contributed by atoms with Gasteiger partial charge in [-0.3, -0.25) is 0 Å². The lowest BCUT2D eigenvalue weighted by molar-refractivity contribution is 0.281. The maximum atomic E-state index is 8.80. The summed E-state index contributed by atoms with van der Waals surface area (Å²) in [5.74, 6) is -0.0156. The van der Waals surface area contributed by atoms with Crippen LogP contribution in [0.1, 0.15) is 11.7 Å². The number of hydrogen-bond acceptors (Lipinski definition) is 5. The average Bonchev–Trinajstić information content (AvgIpc) is 2.20. The van der Waals surface area contributed by atoms with Gasteiger partial charge in [0.05, 0.1) is 19.8 Å². The quantitative estimate of drug-likeness (QED) is 0.711. The summed E-state index contributed by atoms with van der Waals surface area (Å²) in [4.78, 5) is 7.77.